The predicted octanol–water partition coefficient (Wildman–Crippen LogP) is 6.46. The predicted molar refractivity (Wildman–Crippen MR) is 172 cm³/mol. The number of amides is 1. The number of methoxy groups -OCH3 is 1. The van der Waals surface area contributed by atoms with E-state index in [1.54, 1.807) is 49.4 Å². The number of ketones is 1. The summed E-state index contributed by atoms with van der Waals surface area (Å²) in [6, 6.07) is 23.8. The van der Waals surface area contributed by atoms with E-state index in [0.717, 1.165) is 18.4 Å². The Labute approximate surface area is 272 Å². The molecule has 2 aliphatic rings. The van der Waals surface area contributed by atoms with Gasteiger partial charge >= 0.3 is 6.09 Å². The second-order valence-electron chi connectivity index (χ2n) is 12.3. The summed E-state index contributed by atoms with van der Waals surface area (Å²) in [4.78, 5) is 31.0. The van der Waals surface area contributed by atoms with Gasteiger partial charge < -0.3 is 29.4 Å². The van der Waals surface area contributed by atoms with Crippen LogP contribution in [-0.4, -0.2) is 48.4 Å². The van der Waals surface area contributed by atoms with Crippen LogP contribution >= 0.6 is 0 Å². The topological polar surface area (TPSA) is 116 Å². The Morgan fingerprint density at radius 2 is 1.77 bits per heavy atom. The first kappa shape index (κ1) is 32.2. The number of nitrogens with one attached hydrogen (secondary N) is 1. The largest absolute Gasteiger partial charge is 0.493 e. The number of aromatic nitrogens is 1. The van der Waals surface area contributed by atoms with Gasteiger partial charge in [-0.05, 0) is 91.9 Å². The number of ether oxygens (including phenoxy) is 4. The summed E-state index contributed by atoms with van der Waals surface area (Å²) in [7, 11) is 1.53. The second-order valence-corrected chi connectivity index (χ2v) is 12.3. The Kier molecular flexibility index (Phi) is 9.24. The van der Waals surface area contributed by atoms with E-state index in [2.05, 4.69) is 5.32 Å². The summed E-state index contributed by atoms with van der Waals surface area (Å²) in [5.41, 5.74) is 0.795. The van der Waals surface area contributed by atoms with E-state index in [-0.39, 0.29) is 44.5 Å². The number of hydrogen-bond donors (Lipinski definition) is 2. The summed E-state index contributed by atoms with van der Waals surface area (Å²) < 4.78 is 36.2. The lowest BCUT2D eigenvalue weighted by Gasteiger charge is -2.42. The van der Waals surface area contributed by atoms with Crippen molar-refractivity contribution in [3.8, 4) is 22.8 Å². The van der Waals surface area contributed by atoms with Crippen LogP contribution in [0.3, 0.4) is 0 Å². The van der Waals surface area contributed by atoms with Gasteiger partial charge in [-0.2, -0.15) is 0 Å². The van der Waals surface area contributed by atoms with Crippen molar-refractivity contribution in [2.75, 3.05) is 20.3 Å². The Balaban J connectivity index is 1.24. The molecule has 1 unspecified atom stereocenters. The van der Waals surface area contributed by atoms with Crippen molar-refractivity contribution in [2.24, 2.45) is 0 Å². The number of Topliss-reactive ketones (excluding diaryl/α,β-unsaturated/α-hetero) is 1. The van der Waals surface area contributed by atoms with Crippen molar-refractivity contribution in [3.63, 3.8) is 0 Å². The molecule has 6 rings (SSSR count). The van der Waals surface area contributed by atoms with Gasteiger partial charge in [0.05, 0.1) is 37.8 Å². The molecular formula is C37H37FN2O7. The highest BCUT2D eigenvalue weighted by Crippen LogP contribution is 2.37. The minimum Gasteiger partial charge on any atom is -0.493 e. The number of rotatable bonds is 13. The molecule has 1 saturated heterocycles. The van der Waals surface area contributed by atoms with Crippen LogP contribution in [0.25, 0.3) is 11.3 Å². The van der Waals surface area contributed by atoms with Crippen LogP contribution in [0.15, 0.2) is 84.9 Å². The average molecular weight is 641 g/mol. The Hall–Kier alpha value is -4.80. The molecule has 244 valence electrons. The van der Waals surface area contributed by atoms with Gasteiger partial charge in [0.2, 0.25) is 0 Å². The third-order valence-corrected chi connectivity index (χ3v) is 8.46. The number of benzene rings is 3. The Morgan fingerprint density at radius 3 is 2.43 bits per heavy atom. The first-order chi connectivity index (χ1) is 22.6. The van der Waals surface area contributed by atoms with Crippen LogP contribution < -0.4 is 14.8 Å². The molecule has 1 amide bonds. The first-order valence-electron chi connectivity index (χ1n) is 15.6. The molecule has 1 aromatic heterocycles. The smallest absolute Gasteiger partial charge is 0.408 e. The zero-order valence-electron chi connectivity index (χ0n) is 26.3. The van der Waals surface area contributed by atoms with Gasteiger partial charge in [-0.15, -0.1) is 0 Å². The highest BCUT2D eigenvalue weighted by atomic mass is 19.1. The third-order valence-electron chi connectivity index (χ3n) is 8.46. The number of aliphatic hydroxyl groups is 1. The van der Waals surface area contributed by atoms with E-state index >= 15 is 0 Å². The monoisotopic (exact) mass is 640 g/mol. The molecule has 3 aromatic carbocycles. The molecule has 2 fully saturated rings. The number of hydrogen-bond acceptors (Lipinski definition) is 8. The van der Waals surface area contributed by atoms with E-state index in [4.69, 9.17) is 23.9 Å². The molecular weight excluding hydrogens is 603 g/mol. The van der Waals surface area contributed by atoms with Crippen LogP contribution in [-0.2, 0) is 27.2 Å². The third kappa shape index (κ3) is 7.61. The summed E-state index contributed by atoms with van der Waals surface area (Å²) in [5.74, 6) is 0.504. The molecule has 1 aliphatic heterocycles. The van der Waals surface area contributed by atoms with Crippen LogP contribution in [0, 0.1) is 5.82 Å². The zero-order valence-corrected chi connectivity index (χ0v) is 26.3. The molecule has 1 atom stereocenters. The van der Waals surface area contributed by atoms with Gasteiger partial charge in [-0.1, -0.05) is 30.3 Å². The minimum absolute atomic E-state index is 0.0229. The molecule has 4 aromatic rings. The van der Waals surface area contributed by atoms with E-state index in [1.807, 2.05) is 30.3 Å². The van der Waals surface area contributed by atoms with Crippen molar-refractivity contribution < 1.29 is 38.0 Å². The van der Waals surface area contributed by atoms with Crippen molar-refractivity contribution >= 4 is 11.9 Å². The summed E-state index contributed by atoms with van der Waals surface area (Å²) in [6.07, 6.45) is 1.64. The fourth-order valence-corrected chi connectivity index (χ4v) is 5.36. The van der Waals surface area contributed by atoms with Crippen molar-refractivity contribution in [3.05, 3.63) is 113 Å². The Bertz CT molecular complexity index is 1740. The van der Waals surface area contributed by atoms with E-state index < -0.39 is 23.1 Å². The van der Waals surface area contributed by atoms with Crippen LogP contribution in [0.5, 0.6) is 11.5 Å². The number of halogens is 1. The van der Waals surface area contributed by atoms with Gasteiger partial charge in [-0.3, -0.25) is 4.79 Å². The molecule has 9 nitrogen and oxygen atoms in total. The van der Waals surface area contributed by atoms with Gasteiger partial charge in [0.1, 0.15) is 23.6 Å². The van der Waals surface area contributed by atoms with Crippen molar-refractivity contribution in [1.29, 1.82) is 0 Å². The minimum atomic E-state index is -1.54. The molecule has 1 aliphatic carbocycles. The fraction of sp³-hybridized carbons (Fsp3) is 0.324. The SMILES string of the molecule is COc1cc(C(=O)CCC(C)(O)c2cc(C3(NC(=O)OCc4ccccc4)COC3)cc(-c3ccc(F)cc3)n2)ccc1OC1CC1. The number of nitrogens with zero attached hydrogens (tertiary/aromatic N) is 1. The van der Waals surface area contributed by atoms with Crippen LogP contribution in [0.4, 0.5) is 9.18 Å². The molecule has 10 heteroatoms. The summed E-state index contributed by atoms with van der Waals surface area (Å²) in [5, 5.41) is 14.7. The van der Waals surface area contributed by atoms with E-state index in [1.165, 1.54) is 19.2 Å². The van der Waals surface area contributed by atoms with Crippen LogP contribution in [0.1, 0.15) is 59.8 Å². The number of pyridine rings is 1. The Morgan fingerprint density at radius 1 is 1.02 bits per heavy atom. The summed E-state index contributed by atoms with van der Waals surface area (Å²) >= 11 is 0. The molecule has 0 bridgehead atoms. The van der Waals surface area contributed by atoms with Gasteiger partial charge in [-0.25, -0.2) is 14.2 Å². The van der Waals surface area contributed by atoms with Gasteiger partial charge in [0.15, 0.2) is 17.3 Å². The standard InChI is InChI=1S/C37H37FN2O7/c1-36(43,17-16-31(41)26-10-15-32(33(18-26)44-2)47-29-13-14-29)34-20-27(19-30(39-34)25-8-11-28(38)12-9-25)37(22-45-23-37)40-35(42)46-21-24-6-4-3-5-7-24/h3-12,15,18-20,29,43H,13-14,16-17,21-23H2,1-2H3,(H,40,42). The maximum atomic E-state index is 13.8. The van der Waals surface area contributed by atoms with E-state index in [9.17, 15) is 19.1 Å². The highest BCUT2D eigenvalue weighted by Gasteiger charge is 2.44. The van der Waals surface area contributed by atoms with Crippen LogP contribution in [0.2, 0.25) is 0 Å². The highest BCUT2D eigenvalue weighted by molar-refractivity contribution is 5.96. The maximum Gasteiger partial charge on any atom is 0.408 e. The average Bonchev–Trinajstić information content (AvgIpc) is 3.89. The maximum absolute atomic E-state index is 13.8. The number of carbonyl (C=O) groups excluding carboxylic acids is 2. The molecule has 2 N–H and O–H groups in total. The second kappa shape index (κ2) is 13.5. The van der Waals surface area contributed by atoms with Gasteiger partial charge in [0.25, 0.3) is 0 Å². The van der Waals surface area contributed by atoms with Gasteiger partial charge in [0, 0.05) is 17.5 Å². The molecule has 1 saturated carbocycles. The molecule has 0 radical (unpaired) electrons. The first-order valence-corrected chi connectivity index (χ1v) is 15.6. The van der Waals surface area contributed by atoms with Crippen molar-refractivity contribution in [1.82, 2.24) is 10.3 Å². The van der Waals surface area contributed by atoms with Crippen molar-refractivity contribution in [2.45, 2.75) is 56.5 Å². The van der Waals surface area contributed by atoms with E-state index in [0.29, 0.717) is 39.6 Å². The number of alkyl carbamates (subject to hydrolysis) is 1. The zero-order chi connectivity index (χ0) is 33.0. The summed E-state index contributed by atoms with van der Waals surface area (Å²) in [6.45, 7) is 2.03. The lowest BCUT2D eigenvalue weighted by atomic mass is 9.84. The fourth-order valence-electron chi connectivity index (χ4n) is 5.36. The quantitative estimate of drug-likeness (QED) is 0.160. The molecule has 2 heterocycles. The molecule has 47 heavy (non-hydrogen) atoms. The number of carbonyl (C=O) groups is 2. The lowest BCUT2D eigenvalue weighted by molar-refractivity contribution is -0.0764. The lowest BCUT2D eigenvalue weighted by Crippen LogP contribution is -2.59. The normalized spacial score (nSPS) is 16.3. The molecule has 0 spiro atoms.